The van der Waals surface area contributed by atoms with Crippen LogP contribution in [0.2, 0.25) is 5.15 Å². The average Bonchev–Trinajstić information content (AvgIpc) is 2.96. The van der Waals surface area contributed by atoms with Crippen molar-refractivity contribution in [3.63, 3.8) is 0 Å². The summed E-state index contributed by atoms with van der Waals surface area (Å²) in [5, 5.41) is 0.273. The van der Waals surface area contributed by atoms with E-state index in [0.717, 1.165) is 5.56 Å². The second-order valence-corrected chi connectivity index (χ2v) is 5.31. The van der Waals surface area contributed by atoms with Crippen molar-refractivity contribution in [2.45, 2.75) is 6.04 Å². The zero-order valence-corrected chi connectivity index (χ0v) is 13.1. The molecule has 0 aliphatic heterocycles. The van der Waals surface area contributed by atoms with E-state index < -0.39 is 0 Å². The minimum absolute atomic E-state index is 0.104. The molecular formula is C16H16ClN5O. The van der Waals surface area contributed by atoms with Gasteiger partial charge in [0.05, 0.1) is 25.6 Å². The summed E-state index contributed by atoms with van der Waals surface area (Å²) in [5.74, 6) is 0.104. The Morgan fingerprint density at radius 1 is 1.30 bits per heavy atom. The van der Waals surface area contributed by atoms with E-state index in [1.54, 1.807) is 12.4 Å². The van der Waals surface area contributed by atoms with E-state index in [2.05, 4.69) is 21.5 Å². The maximum Gasteiger partial charge on any atom is 0.223 e. The van der Waals surface area contributed by atoms with Gasteiger partial charge in [0.15, 0.2) is 10.8 Å². The number of ether oxygens (including phenoxy) is 1. The number of hydrogen-bond donors (Lipinski definition) is 1. The topological polar surface area (TPSA) is 78.8 Å². The van der Waals surface area contributed by atoms with Crippen molar-refractivity contribution in [2.75, 3.05) is 18.9 Å². The van der Waals surface area contributed by atoms with Crippen LogP contribution in [-0.4, -0.2) is 32.7 Å². The van der Waals surface area contributed by atoms with Gasteiger partial charge in [0.25, 0.3) is 0 Å². The molecular weight excluding hydrogens is 314 g/mol. The van der Waals surface area contributed by atoms with Crippen molar-refractivity contribution in [3.05, 3.63) is 60.0 Å². The molecule has 1 aromatic carbocycles. The summed E-state index contributed by atoms with van der Waals surface area (Å²) < 4.78 is 7.57. The molecule has 0 radical (unpaired) electrons. The number of anilines is 1. The summed E-state index contributed by atoms with van der Waals surface area (Å²) in [6.45, 7) is 4.58. The molecule has 0 aliphatic carbocycles. The molecule has 0 saturated heterocycles. The molecule has 118 valence electrons. The summed E-state index contributed by atoms with van der Waals surface area (Å²) in [5.41, 5.74) is 7.80. The molecule has 3 rings (SSSR count). The van der Waals surface area contributed by atoms with Crippen LogP contribution in [0.4, 0.5) is 5.95 Å². The number of nitrogens with two attached hydrogens (primary N) is 1. The maximum absolute atomic E-state index is 6.25. The fraction of sp³-hybridized carbons (Fsp3) is 0.188. The third-order valence-corrected chi connectivity index (χ3v) is 3.70. The Kier molecular flexibility index (Phi) is 4.55. The molecule has 2 heterocycles. The van der Waals surface area contributed by atoms with Crippen molar-refractivity contribution < 1.29 is 4.74 Å². The Bertz CT molecular complexity index is 818. The van der Waals surface area contributed by atoms with Crippen LogP contribution in [0.15, 0.2) is 49.3 Å². The number of halogens is 1. The maximum atomic E-state index is 6.25. The molecule has 6 nitrogen and oxygen atoms in total. The van der Waals surface area contributed by atoms with E-state index in [0.29, 0.717) is 24.4 Å². The fourth-order valence-corrected chi connectivity index (χ4v) is 2.70. The van der Waals surface area contributed by atoms with Gasteiger partial charge in [-0.1, -0.05) is 48.0 Å². The van der Waals surface area contributed by atoms with Crippen molar-refractivity contribution in [1.82, 2.24) is 19.5 Å². The fourth-order valence-electron chi connectivity index (χ4n) is 2.43. The number of aromatic nitrogens is 4. The van der Waals surface area contributed by atoms with Gasteiger partial charge in [-0.2, -0.15) is 9.97 Å². The number of nitrogens with zero attached hydrogens (tertiary/aromatic N) is 4. The highest BCUT2D eigenvalue weighted by molar-refractivity contribution is 6.33. The van der Waals surface area contributed by atoms with E-state index in [9.17, 15) is 0 Å². The van der Waals surface area contributed by atoms with Gasteiger partial charge in [-0.3, -0.25) is 0 Å². The monoisotopic (exact) mass is 329 g/mol. The molecule has 0 saturated carbocycles. The van der Waals surface area contributed by atoms with Gasteiger partial charge in [0.2, 0.25) is 5.95 Å². The van der Waals surface area contributed by atoms with Gasteiger partial charge < -0.3 is 15.0 Å². The second kappa shape index (κ2) is 6.76. The highest BCUT2D eigenvalue weighted by Crippen LogP contribution is 2.27. The number of nitrogen functional groups attached to an aromatic ring is 1. The van der Waals surface area contributed by atoms with Crippen LogP contribution in [0.3, 0.4) is 0 Å². The third kappa shape index (κ3) is 3.18. The molecule has 0 spiro atoms. The van der Waals surface area contributed by atoms with Crippen LogP contribution in [0.25, 0.3) is 11.2 Å². The number of hydrogen-bond acceptors (Lipinski definition) is 5. The quantitative estimate of drug-likeness (QED) is 0.427. The summed E-state index contributed by atoms with van der Waals surface area (Å²) in [6.07, 6.45) is 3.39. The lowest BCUT2D eigenvalue weighted by molar-refractivity contribution is 0.139. The predicted octanol–water partition coefficient (Wildman–Crippen LogP) is 2.85. The van der Waals surface area contributed by atoms with Crippen LogP contribution >= 0.6 is 11.6 Å². The molecule has 0 aliphatic rings. The molecule has 3 aromatic rings. The van der Waals surface area contributed by atoms with Crippen LogP contribution < -0.4 is 5.73 Å². The predicted molar refractivity (Wildman–Crippen MR) is 90.3 cm³/mol. The Balaban J connectivity index is 2.07. The molecule has 1 atom stereocenters. The van der Waals surface area contributed by atoms with Gasteiger partial charge in [0, 0.05) is 0 Å². The van der Waals surface area contributed by atoms with E-state index >= 15 is 0 Å². The molecule has 0 fully saturated rings. The van der Waals surface area contributed by atoms with E-state index in [1.807, 2.05) is 34.9 Å². The zero-order valence-electron chi connectivity index (χ0n) is 12.4. The first kappa shape index (κ1) is 15.5. The minimum atomic E-state index is -0.106. The first-order chi connectivity index (χ1) is 11.2. The normalized spacial score (nSPS) is 12.4. The van der Waals surface area contributed by atoms with Crippen LogP contribution in [0, 0.1) is 0 Å². The highest BCUT2D eigenvalue weighted by Gasteiger charge is 2.20. The molecule has 7 heteroatoms. The smallest absolute Gasteiger partial charge is 0.223 e. The molecule has 1 unspecified atom stereocenters. The highest BCUT2D eigenvalue weighted by atomic mass is 35.5. The van der Waals surface area contributed by atoms with Crippen LogP contribution in [0.1, 0.15) is 11.6 Å². The Morgan fingerprint density at radius 3 is 2.83 bits per heavy atom. The van der Waals surface area contributed by atoms with Gasteiger partial charge in [0.1, 0.15) is 5.52 Å². The SMILES string of the molecule is C=CCOCC(c1ccccc1)n1cnc2nc(N)nc(Cl)c21. The summed E-state index contributed by atoms with van der Waals surface area (Å²) in [7, 11) is 0. The number of fused-ring (bicyclic) bond motifs is 1. The third-order valence-electron chi connectivity index (χ3n) is 3.43. The van der Waals surface area contributed by atoms with Crippen molar-refractivity contribution >= 4 is 28.7 Å². The molecule has 0 bridgehead atoms. The molecule has 2 aromatic heterocycles. The minimum Gasteiger partial charge on any atom is -0.375 e. The van der Waals surface area contributed by atoms with Crippen LogP contribution in [-0.2, 0) is 4.74 Å². The van der Waals surface area contributed by atoms with Gasteiger partial charge in [-0.15, -0.1) is 6.58 Å². The Morgan fingerprint density at radius 2 is 2.09 bits per heavy atom. The zero-order chi connectivity index (χ0) is 16.2. The largest absolute Gasteiger partial charge is 0.375 e. The Labute approximate surface area is 138 Å². The number of imidazole rings is 1. The van der Waals surface area contributed by atoms with E-state index in [-0.39, 0.29) is 17.1 Å². The first-order valence-electron chi connectivity index (χ1n) is 7.10. The van der Waals surface area contributed by atoms with Gasteiger partial charge in [-0.25, -0.2) is 4.98 Å². The molecule has 2 N–H and O–H groups in total. The summed E-state index contributed by atoms with van der Waals surface area (Å²) >= 11 is 6.25. The standard InChI is InChI=1S/C16H16ClN5O/c1-2-8-23-9-12(11-6-4-3-5-7-11)22-10-19-15-13(22)14(17)20-16(18)21-15/h2-7,10,12H,1,8-9H2,(H2,18,20,21). The van der Waals surface area contributed by atoms with Crippen molar-refractivity contribution in [1.29, 1.82) is 0 Å². The van der Waals surface area contributed by atoms with Gasteiger partial charge >= 0.3 is 0 Å². The van der Waals surface area contributed by atoms with Gasteiger partial charge in [-0.05, 0) is 5.56 Å². The molecule has 23 heavy (non-hydrogen) atoms. The lowest BCUT2D eigenvalue weighted by Gasteiger charge is -2.20. The molecule has 0 amide bonds. The number of benzene rings is 1. The van der Waals surface area contributed by atoms with E-state index in [4.69, 9.17) is 22.1 Å². The summed E-state index contributed by atoms with van der Waals surface area (Å²) in [4.78, 5) is 12.4. The van der Waals surface area contributed by atoms with Crippen molar-refractivity contribution in [2.24, 2.45) is 0 Å². The average molecular weight is 330 g/mol. The van der Waals surface area contributed by atoms with E-state index in [1.165, 1.54) is 0 Å². The lowest BCUT2D eigenvalue weighted by Crippen LogP contribution is -2.17. The second-order valence-electron chi connectivity index (χ2n) is 4.95. The first-order valence-corrected chi connectivity index (χ1v) is 7.47. The number of rotatable bonds is 6. The van der Waals surface area contributed by atoms with Crippen LogP contribution in [0.5, 0.6) is 0 Å². The lowest BCUT2D eigenvalue weighted by atomic mass is 10.1. The summed E-state index contributed by atoms with van der Waals surface area (Å²) in [6, 6.07) is 9.87. The van der Waals surface area contributed by atoms with Crippen molar-refractivity contribution in [3.8, 4) is 0 Å². The Hall–Kier alpha value is -2.44.